The quantitative estimate of drug-likeness (QED) is 0.107. The maximum Gasteiger partial charge on any atom is 0.339 e. The van der Waals surface area contributed by atoms with Gasteiger partial charge in [-0.1, -0.05) is 109 Å². The highest BCUT2D eigenvalue weighted by atomic mass is 32.1. The zero-order valence-electron chi connectivity index (χ0n) is 29.9. The molecule has 0 aliphatic carbocycles. The predicted molar refractivity (Wildman–Crippen MR) is 221 cm³/mol. The Hall–Kier alpha value is -7.10. The number of hydrogen-bond acceptors (Lipinski definition) is 7. The topological polar surface area (TPSA) is 111 Å². The van der Waals surface area contributed by atoms with E-state index in [4.69, 9.17) is 9.47 Å². The second-order valence-electron chi connectivity index (χ2n) is 12.5. The molecule has 0 saturated carbocycles. The monoisotopic (exact) mass is 742 g/mol. The molecule has 0 aliphatic rings. The van der Waals surface area contributed by atoms with Crippen molar-refractivity contribution < 1.29 is 28.7 Å². The number of thiophene rings is 1. The largest absolute Gasteiger partial charge is 0.465 e. The molecule has 6 aromatic carbocycles. The van der Waals surface area contributed by atoms with Crippen LogP contribution in [0.4, 0.5) is 11.4 Å². The number of benzene rings is 6. The minimum absolute atomic E-state index is 0.141. The fourth-order valence-corrected chi connectivity index (χ4v) is 7.31. The molecule has 7 rings (SSSR count). The summed E-state index contributed by atoms with van der Waals surface area (Å²) in [5.41, 5.74) is 6.80. The van der Waals surface area contributed by atoms with Crippen LogP contribution in [0.5, 0.6) is 0 Å². The van der Waals surface area contributed by atoms with E-state index in [9.17, 15) is 19.2 Å². The Morgan fingerprint density at radius 2 is 0.855 bits per heavy atom. The summed E-state index contributed by atoms with van der Waals surface area (Å²) in [6, 6.07) is 42.3. The third-order valence-electron chi connectivity index (χ3n) is 8.97. The number of amides is 2. The Morgan fingerprint density at radius 1 is 0.491 bits per heavy atom. The molecule has 55 heavy (non-hydrogen) atoms. The van der Waals surface area contributed by atoms with Crippen molar-refractivity contribution in [3.05, 3.63) is 168 Å². The number of esters is 2. The smallest absolute Gasteiger partial charge is 0.339 e. The average molecular weight is 743 g/mol. The number of carbonyl (C=O) groups is 4. The van der Waals surface area contributed by atoms with Crippen molar-refractivity contribution in [3.63, 3.8) is 0 Å². The summed E-state index contributed by atoms with van der Waals surface area (Å²) in [5, 5.41) is 6.98. The van der Waals surface area contributed by atoms with Crippen LogP contribution in [0.25, 0.3) is 54.6 Å². The number of rotatable bonds is 10. The van der Waals surface area contributed by atoms with Gasteiger partial charge in [0.25, 0.3) is 0 Å². The van der Waals surface area contributed by atoms with Crippen molar-refractivity contribution in [2.24, 2.45) is 0 Å². The molecule has 0 saturated heterocycles. The molecule has 0 radical (unpaired) electrons. The van der Waals surface area contributed by atoms with Crippen molar-refractivity contribution in [2.45, 2.75) is 0 Å². The van der Waals surface area contributed by atoms with Crippen LogP contribution < -0.4 is 10.6 Å². The molecular formula is C46H34N2O6S. The Kier molecular flexibility index (Phi) is 10.7. The number of hydrogen-bond donors (Lipinski definition) is 2. The Labute approximate surface area is 321 Å². The number of methoxy groups -OCH3 is 2. The maximum absolute atomic E-state index is 13.1. The summed E-state index contributed by atoms with van der Waals surface area (Å²) in [6.45, 7) is 0. The van der Waals surface area contributed by atoms with Crippen molar-refractivity contribution >= 4 is 78.8 Å². The molecule has 8 nitrogen and oxygen atoms in total. The van der Waals surface area contributed by atoms with E-state index in [1.165, 1.54) is 37.7 Å². The lowest BCUT2D eigenvalue weighted by Crippen LogP contribution is -2.13. The molecule has 270 valence electrons. The summed E-state index contributed by atoms with van der Waals surface area (Å²) < 4.78 is 11.6. The fourth-order valence-electron chi connectivity index (χ4n) is 6.16. The van der Waals surface area contributed by atoms with Gasteiger partial charge in [0, 0.05) is 32.3 Å². The van der Waals surface area contributed by atoms with Crippen LogP contribution in [0.15, 0.2) is 146 Å². The van der Waals surface area contributed by atoms with Gasteiger partial charge in [0.1, 0.15) is 0 Å². The highest BCUT2D eigenvalue weighted by molar-refractivity contribution is 7.25. The summed E-state index contributed by atoms with van der Waals surface area (Å²) in [4.78, 5) is 52.2. The molecular weight excluding hydrogens is 709 g/mol. The van der Waals surface area contributed by atoms with Gasteiger partial charge in [-0.3, -0.25) is 9.59 Å². The third kappa shape index (κ3) is 8.27. The average Bonchev–Trinajstić information content (AvgIpc) is 3.57. The summed E-state index contributed by atoms with van der Waals surface area (Å²) in [6.07, 6.45) is 6.20. The molecule has 0 atom stereocenters. The van der Waals surface area contributed by atoms with E-state index in [2.05, 4.69) is 10.6 Å². The van der Waals surface area contributed by atoms with E-state index >= 15 is 0 Å². The third-order valence-corrected chi connectivity index (χ3v) is 10.1. The normalized spacial score (nSPS) is 11.2. The van der Waals surface area contributed by atoms with Gasteiger partial charge < -0.3 is 20.1 Å². The minimum atomic E-state index is -0.643. The SMILES string of the molecule is COC(=O)c1cc2c(cc1NC(=O)C=Cc1ccc(-c3ccccc3)cc1)sc1cc(NC(=O)C=Cc3ccc(-c4ccccc4)cc3)c(C(=O)OC)cc12. The molecule has 9 heteroatoms. The van der Waals surface area contributed by atoms with Crippen molar-refractivity contribution in [1.82, 2.24) is 0 Å². The predicted octanol–water partition coefficient (Wildman–Crippen LogP) is 10.3. The molecule has 1 heterocycles. The first-order valence-electron chi connectivity index (χ1n) is 17.3. The lowest BCUT2D eigenvalue weighted by atomic mass is 10.0. The number of carbonyl (C=O) groups excluding carboxylic acids is 4. The maximum atomic E-state index is 13.1. The van der Waals surface area contributed by atoms with E-state index in [0.717, 1.165) is 42.8 Å². The number of ether oxygens (including phenoxy) is 2. The van der Waals surface area contributed by atoms with Crippen molar-refractivity contribution in [1.29, 1.82) is 0 Å². The van der Waals surface area contributed by atoms with Crippen molar-refractivity contribution in [2.75, 3.05) is 24.9 Å². The zero-order chi connectivity index (χ0) is 38.3. The number of nitrogens with one attached hydrogen (secondary N) is 2. The van der Waals surface area contributed by atoms with Gasteiger partial charge in [0.2, 0.25) is 11.8 Å². The Balaban J connectivity index is 1.13. The van der Waals surface area contributed by atoms with Crippen LogP contribution in [0.2, 0.25) is 0 Å². The molecule has 0 unspecified atom stereocenters. The van der Waals surface area contributed by atoms with E-state index in [1.807, 2.05) is 109 Å². The van der Waals surface area contributed by atoms with E-state index in [1.54, 1.807) is 36.4 Å². The highest BCUT2D eigenvalue weighted by Gasteiger charge is 2.21. The van der Waals surface area contributed by atoms with E-state index < -0.39 is 23.8 Å². The lowest BCUT2D eigenvalue weighted by Gasteiger charge is -2.10. The van der Waals surface area contributed by atoms with E-state index in [-0.39, 0.29) is 22.5 Å². The van der Waals surface area contributed by atoms with Crippen LogP contribution in [-0.4, -0.2) is 38.0 Å². The van der Waals surface area contributed by atoms with Gasteiger partial charge >= 0.3 is 11.9 Å². The molecule has 7 aromatic rings. The lowest BCUT2D eigenvalue weighted by molar-refractivity contribution is -0.112. The first-order valence-corrected chi connectivity index (χ1v) is 18.1. The number of anilines is 2. The second kappa shape index (κ2) is 16.3. The summed E-state index contributed by atoms with van der Waals surface area (Å²) in [5.74, 6) is -2.15. The summed E-state index contributed by atoms with van der Waals surface area (Å²) >= 11 is 1.38. The second-order valence-corrected chi connectivity index (χ2v) is 13.6. The first-order chi connectivity index (χ1) is 26.8. The molecule has 2 N–H and O–H groups in total. The van der Waals surface area contributed by atoms with Crippen LogP contribution in [0, 0.1) is 0 Å². The van der Waals surface area contributed by atoms with Gasteiger partial charge in [0.05, 0.1) is 36.7 Å². The van der Waals surface area contributed by atoms with Gasteiger partial charge in [-0.15, -0.1) is 11.3 Å². The van der Waals surface area contributed by atoms with Crippen LogP contribution in [0.3, 0.4) is 0 Å². The molecule has 2 amide bonds. The fraction of sp³-hybridized carbons (Fsp3) is 0.0435. The standard InChI is InChI=1S/C46H34N2O6S/c1-53-45(51)37-25-35-36-26-38(46(52)54-2)40(48-44(50)24-18-30-15-21-34(22-16-30)32-11-7-4-8-12-32)28-42(36)55-41(35)27-39(37)47-43(49)23-17-29-13-19-33(20-14-29)31-9-5-3-6-10-31/h3-28H,1-2H3,(H,47,49)(H,48,50). The van der Waals surface area contributed by atoms with Crippen LogP contribution in [0.1, 0.15) is 31.8 Å². The molecule has 0 aliphatic heterocycles. The minimum Gasteiger partial charge on any atom is -0.465 e. The van der Waals surface area contributed by atoms with Crippen LogP contribution in [-0.2, 0) is 19.1 Å². The van der Waals surface area contributed by atoms with Crippen LogP contribution >= 0.6 is 11.3 Å². The first kappa shape index (κ1) is 36.3. The molecule has 0 spiro atoms. The van der Waals surface area contributed by atoms with Gasteiger partial charge in [-0.05, 0) is 69.8 Å². The van der Waals surface area contributed by atoms with E-state index in [0.29, 0.717) is 10.8 Å². The van der Waals surface area contributed by atoms with Gasteiger partial charge in [-0.2, -0.15) is 0 Å². The number of fused-ring (bicyclic) bond motifs is 3. The molecule has 0 fully saturated rings. The molecule has 1 aromatic heterocycles. The Morgan fingerprint density at radius 3 is 1.22 bits per heavy atom. The summed E-state index contributed by atoms with van der Waals surface area (Å²) in [7, 11) is 2.53. The Bertz CT molecular complexity index is 2430. The zero-order valence-corrected chi connectivity index (χ0v) is 30.7. The van der Waals surface area contributed by atoms with Crippen molar-refractivity contribution in [3.8, 4) is 22.3 Å². The highest BCUT2D eigenvalue weighted by Crippen LogP contribution is 2.40. The molecule has 0 bridgehead atoms. The van der Waals surface area contributed by atoms with Gasteiger partial charge in [0.15, 0.2) is 0 Å². The van der Waals surface area contributed by atoms with Gasteiger partial charge in [-0.25, -0.2) is 9.59 Å².